The molecule has 1 aliphatic heterocycles. The highest BCUT2D eigenvalue weighted by Gasteiger charge is 2.27. The Morgan fingerprint density at radius 1 is 1.29 bits per heavy atom. The van der Waals surface area contributed by atoms with Crippen LogP contribution in [0, 0.1) is 0 Å². The highest BCUT2D eigenvalue weighted by atomic mass is 19.3. The predicted octanol–water partition coefficient (Wildman–Crippen LogP) is 4.18. The number of rotatable bonds is 4. The lowest BCUT2D eigenvalue weighted by molar-refractivity contribution is 0.0509. The molecule has 150 valence electrons. The number of aromatic nitrogens is 2. The van der Waals surface area contributed by atoms with E-state index in [4.69, 9.17) is 4.74 Å². The summed E-state index contributed by atoms with van der Waals surface area (Å²) in [5, 5.41) is 2.86. The van der Waals surface area contributed by atoms with Crippen LogP contribution in [0.5, 0.6) is 0 Å². The minimum Gasteiger partial charge on any atom is -0.444 e. The zero-order valence-electron chi connectivity index (χ0n) is 16.2. The van der Waals surface area contributed by atoms with Crippen LogP contribution in [0.4, 0.5) is 19.4 Å². The summed E-state index contributed by atoms with van der Waals surface area (Å²) < 4.78 is 31.9. The van der Waals surface area contributed by atoms with Crippen LogP contribution < -0.4 is 10.2 Å². The van der Waals surface area contributed by atoms with Crippen molar-refractivity contribution in [3.8, 4) is 11.3 Å². The topological polar surface area (TPSA) is 67.3 Å². The summed E-state index contributed by atoms with van der Waals surface area (Å²) in [6.45, 7) is 6.66. The van der Waals surface area contributed by atoms with E-state index >= 15 is 0 Å². The van der Waals surface area contributed by atoms with E-state index < -0.39 is 18.1 Å². The number of nitrogens with zero attached hydrogens (tertiary/aromatic N) is 3. The smallest absolute Gasteiger partial charge is 0.407 e. The van der Waals surface area contributed by atoms with Crippen molar-refractivity contribution in [3.05, 3.63) is 42.2 Å². The van der Waals surface area contributed by atoms with Gasteiger partial charge in [-0.15, -0.1) is 0 Å². The van der Waals surface area contributed by atoms with E-state index in [0.717, 1.165) is 6.42 Å². The maximum atomic E-state index is 13.3. The second kappa shape index (κ2) is 8.08. The lowest BCUT2D eigenvalue weighted by atomic mass is 10.1. The first kappa shape index (κ1) is 20.0. The van der Waals surface area contributed by atoms with Gasteiger partial charge in [0.05, 0.1) is 24.1 Å². The Morgan fingerprint density at radius 3 is 2.75 bits per heavy atom. The lowest BCUT2D eigenvalue weighted by Crippen LogP contribution is -2.40. The number of hydrogen-bond donors (Lipinski definition) is 1. The number of carbonyl (C=O) groups excluding carboxylic acids is 1. The average Bonchev–Trinajstić information content (AvgIpc) is 3.08. The van der Waals surface area contributed by atoms with E-state index in [-0.39, 0.29) is 11.6 Å². The number of alkyl carbamates (subject to hydrolysis) is 1. The highest BCUT2D eigenvalue weighted by Crippen LogP contribution is 2.30. The van der Waals surface area contributed by atoms with Crippen LogP contribution in [0.2, 0.25) is 0 Å². The van der Waals surface area contributed by atoms with Crippen molar-refractivity contribution in [2.75, 3.05) is 18.0 Å². The molecule has 28 heavy (non-hydrogen) atoms. The first-order valence-corrected chi connectivity index (χ1v) is 9.17. The summed E-state index contributed by atoms with van der Waals surface area (Å²) in [6.07, 6.45) is 0.779. The van der Waals surface area contributed by atoms with Crippen LogP contribution in [0.15, 0.2) is 36.7 Å². The normalized spacial score (nSPS) is 17.1. The zero-order valence-corrected chi connectivity index (χ0v) is 16.2. The van der Waals surface area contributed by atoms with E-state index in [0.29, 0.717) is 30.2 Å². The molecule has 1 atom stereocenters. The minimum absolute atomic E-state index is 0.0696. The lowest BCUT2D eigenvalue weighted by Gasteiger charge is -2.22. The number of alkyl halides is 2. The number of nitrogens with one attached hydrogen (secondary N) is 1. The highest BCUT2D eigenvalue weighted by molar-refractivity contribution is 5.68. The quantitative estimate of drug-likeness (QED) is 0.848. The fourth-order valence-corrected chi connectivity index (χ4v) is 3.12. The molecule has 2 heterocycles. The number of amides is 1. The molecule has 2 aromatic rings. The van der Waals surface area contributed by atoms with Gasteiger partial charge in [-0.05, 0) is 27.2 Å². The summed E-state index contributed by atoms with van der Waals surface area (Å²) in [6, 6.07) is 6.22. The van der Waals surface area contributed by atoms with Gasteiger partial charge in [-0.2, -0.15) is 0 Å². The van der Waals surface area contributed by atoms with Crippen LogP contribution in [0.1, 0.15) is 39.2 Å². The maximum absolute atomic E-state index is 13.3. The molecule has 1 aromatic carbocycles. The second-order valence-corrected chi connectivity index (χ2v) is 7.73. The van der Waals surface area contributed by atoms with Gasteiger partial charge >= 0.3 is 6.09 Å². The molecule has 1 unspecified atom stereocenters. The molecule has 1 aliphatic rings. The van der Waals surface area contributed by atoms with E-state index in [1.54, 1.807) is 24.4 Å². The van der Waals surface area contributed by atoms with Crippen LogP contribution in [0.25, 0.3) is 11.3 Å². The average molecular weight is 390 g/mol. The van der Waals surface area contributed by atoms with Gasteiger partial charge in [-0.1, -0.05) is 24.3 Å². The zero-order chi connectivity index (χ0) is 20.3. The van der Waals surface area contributed by atoms with E-state index in [9.17, 15) is 13.6 Å². The second-order valence-electron chi connectivity index (χ2n) is 7.73. The summed E-state index contributed by atoms with van der Waals surface area (Å²) in [7, 11) is 0. The fraction of sp³-hybridized carbons (Fsp3) is 0.450. The Hall–Kier alpha value is -2.77. The van der Waals surface area contributed by atoms with Crippen molar-refractivity contribution in [1.29, 1.82) is 0 Å². The van der Waals surface area contributed by atoms with E-state index in [1.165, 1.54) is 12.3 Å². The van der Waals surface area contributed by atoms with Gasteiger partial charge in [0.25, 0.3) is 6.43 Å². The van der Waals surface area contributed by atoms with Gasteiger partial charge < -0.3 is 15.0 Å². The number of carbonyl (C=O) groups is 1. The maximum Gasteiger partial charge on any atom is 0.407 e. The van der Waals surface area contributed by atoms with Crippen molar-refractivity contribution in [2.24, 2.45) is 0 Å². The molecule has 1 aromatic heterocycles. The molecule has 0 radical (unpaired) electrons. The van der Waals surface area contributed by atoms with Gasteiger partial charge in [0.1, 0.15) is 11.4 Å². The number of hydrogen-bond acceptors (Lipinski definition) is 5. The van der Waals surface area contributed by atoms with E-state index in [1.807, 2.05) is 25.7 Å². The predicted molar refractivity (Wildman–Crippen MR) is 102 cm³/mol. The molecule has 1 N–H and O–H groups in total. The van der Waals surface area contributed by atoms with Crippen molar-refractivity contribution in [3.63, 3.8) is 0 Å². The first-order valence-electron chi connectivity index (χ1n) is 9.17. The van der Waals surface area contributed by atoms with Gasteiger partial charge in [-0.25, -0.2) is 18.6 Å². The summed E-state index contributed by atoms with van der Waals surface area (Å²) in [5.41, 5.74) is 0.145. The summed E-state index contributed by atoms with van der Waals surface area (Å²) in [4.78, 5) is 22.6. The minimum atomic E-state index is -2.59. The van der Waals surface area contributed by atoms with Gasteiger partial charge in [0, 0.05) is 24.2 Å². The molecule has 1 fully saturated rings. The Bertz CT molecular complexity index is 839. The van der Waals surface area contributed by atoms with Crippen molar-refractivity contribution < 1.29 is 18.3 Å². The molecule has 0 spiro atoms. The van der Waals surface area contributed by atoms with Crippen molar-refractivity contribution >= 4 is 11.9 Å². The van der Waals surface area contributed by atoms with Gasteiger partial charge in [-0.3, -0.25) is 4.98 Å². The molecule has 1 saturated heterocycles. The van der Waals surface area contributed by atoms with Crippen LogP contribution in [-0.4, -0.2) is 40.8 Å². The fourth-order valence-electron chi connectivity index (χ4n) is 3.12. The molecule has 0 aliphatic carbocycles. The van der Waals surface area contributed by atoms with Crippen LogP contribution >= 0.6 is 0 Å². The molecule has 0 saturated carbocycles. The molecule has 8 heteroatoms. The molecule has 0 bridgehead atoms. The molecular formula is C20H24F2N4O2. The van der Waals surface area contributed by atoms with Gasteiger partial charge in [0.2, 0.25) is 0 Å². The van der Waals surface area contributed by atoms with E-state index in [2.05, 4.69) is 15.3 Å². The van der Waals surface area contributed by atoms with Crippen LogP contribution in [-0.2, 0) is 4.74 Å². The number of ether oxygens (including phenoxy) is 1. The molecule has 6 nitrogen and oxygen atoms in total. The summed E-state index contributed by atoms with van der Waals surface area (Å²) in [5.74, 6) is 0.593. The third-order valence-electron chi connectivity index (χ3n) is 4.33. The number of benzene rings is 1. The Labute approximate surface area is 162 Å². The Balaban J connectivity index is 1.71. The van der Waals surface area contributed by atoms with Gasteiger partial charge in [0.15, 0.2) is 0 Å². The SMILES string of the molecule is CC(C)(C)OC(=O)NC1CCN(c2cncc(-c3ccccc3C(F)F)n2)C1. The Kier molecular flexibility index (Phi) is 5.76. The molecule has 1 amide bonds. The largest absolute Gasteiger partial charge is 0.444 e. The molecular weight excluding hydrogens is 366 g/mol. The first-order chi connectivity index (χ1) is 13.2. The Morgan fingerprint density at radius 2 is 2.04 bits per heavy atom. The molecule has 3 rings (SSSR count). The monoisotopic (exact) mass is 390 g/mol. The van der Waals surface area contributed by atoms with Crippen molar-refractivity contribution in [1.82, 2.24) is 15.3 Å². The van der Waals surface area contributed by atoms with Crippen molar-refractivity contribution in [2.45, 2.75) is 45.3 Å². The standard InChI is InChI=1S/C20H24F2N4O2/c1-20(2,3)28-19(27)24-13-8-9-26(12-13)17-11-23-10-16(25-17)14-6-4-5-7-15(14)18(21)22/h4-7,10-11,13,18H,8-9,12H2,1-3H3,(H,24,27). The van der Waals surface area contributed by atoms with Crippen LogP contribution in [0.3, 0.4) is 0 Å². The number of anilines is 1. The third kappa shape index (κ3) is 4.94. The summed E-state index contributed by atoms with van der Waals surface area (Å²) >= 11 is 0. The third-order valence-corrected chi connectivity index (χ3v) is 4.33. The number of halogens is 2.